The van der Waals surface area contributed by atoms with E-state index < -0.39 is 5.97 Å². The van der Waals surface area contributed by atoms with Crippen molar-refractivity contribution in [3.8, 4) is 11.3 Å². The molecule has 34 heavy (non-hydrogen) atoms. The second kappa shape index (κ2) is 9.85. The Balaban J connectivity index is 1.13. The predicted octanol–water partition coefficient (Wildman–Crippen LogP) is 1.02. The van der Waals surface area contributed by atoms with E-state index in [0.717, 1.165) is 76.1 Å². The summed E-state index contributed by atoms with van der Waals surface area (Å²) in [5, 5.41) is 25.9. The van der Waals surface area contributed by atoms with Crippen LogP contribution in [0, 0.1) is 0 Å². The van der Waals surface area contributed by atoms with Crippen LogP contribution in [-0.4, -0.2) is 83.4 Å². The number of anilines is 1. The summed E-state index contributed by atoms with van der Waals surface area (Å²) < 4.78 is 4.00. The van der Waals surface area contributed by atoms with Gasteiger partial charge in [-0.2, -0.15) is 5.10 Å². The highest BCUT2D eigenvalue weighted by molar-refractivity contribution is 5.90. The van der Waals surface area contributed by atoms with Gasteiger partial charge in [0.1, 0.15) is 0 Å². The Hall–Kier alpha value is -3.38. The molecule has 0 atom stereocenters. The Morgan fingerprint density at radius 3 is 2.62 bits per heavy atom. The number of nitrogens with two attached hydrogens (primary N) is 1. The number of rotatable bonds is 7. The highest BCUT2D eigenvalue weighted by Crippen LogP contribution is 2.25. The van der Waals surface area contributed by atoms with Gasteiger partial charge in [0.15, 0.2) is 11.5 Å². The summed E-state index contributed by atoms with van der Waals surface area (Å²) in [5.41, 5.74) is 7.61. The number of carboxylic acid groups (broad SMARTS) is 1. The van der Waals surface area contributed by atoms with Crippen LogP contribution in [0.3, 0.4) is 0 Å². The van der Waals surface area contributed by atoms with Gasteiger partial charge in [-0.15, -0.1) is 5.10 Å². The van der Waals surface area contributed by atoms with Crippen LogP contribution >= 0.6 is 0 Å². The third-order valence-electron chi connectivity index (χ3n) is 6.76. The fraction of sp³-hybridized carbons (Fsp3) is 0.545. The zero-order chi connectivity index (χ0) is 23.5. The first-order chi connectivity index (χ1) is 16.6. The van der Waals surface area contributed by atoms with Crippen LogP contribution in [0.5, 0.6) is 0 Å². The second-order valence-electron chi connectivity index (χ2n) is 9.00. The highest BCUT2D eigenvalue weighted by Gasteiger charge is 2.23. The zero-order valence-electron chi connectivity index (χ0n) is 19.0. The van der Waals surface area contributed by atoms with Crippen LogP contribution in [0.4, 0.5) is 5.82 Å². The number of likely N-dealkylation sites (tertiary alicyclic amines) is 1. The topological polar surface area (TPSA) is 153 Å². The molecule has 2 saturated heterocycles. The lowest BCUT2D eigenvalue weighted by molar-refractivity contribution is 0.0691. The molecule has 2 aliphatic heterocycles. The maximum absolute atomic E-state index is 11.3. The smallest absolute Gasteiger partial charge is 0.358 e. The second-order valence-corrected chi connectivity index (χ2v) is 9.00. The van der Waals surface area contributed by atoms with Gasteiger partial charge in [0.25, 0.3) is 0 Å². The van der Waals surface area contributed by atoms with E-state index in [-0.39, 0.29) is 11.5 Å². The summed E-state index contributed by atoms with van der Waals surface area (Å²) in [6.45, 7) is 5.05. The molecule has 5 heterocycles. The van der Waals surface area contributed by atoms with Gasteiger partial charge in [0, 0.05) is 44.0 Å². The largest absolute Gasteiger partial charge is 0.476 e. The number of nitrogens with zero attached hydrogens (tertiary/aromatic N) is 8. The van der Waals surface area contributed by atoms with Crippen molar-refractivity contribution in [2.45, 2.75) is 44.2 Å². The average molecular weight is 467 g/mol. The van der Waals surface area contributed by atoms with Crippen molar-refractivity contribution in [3.63, 3.8) is 0 Å². The van der Waals surface area contributed by atoms with Crippen LogP contribution in [0.2, 0.25) is 0 Å². The van der Waals surface area contributed by atoms with Crippen molar-refractivity contribution in [2.24, 2.45) is 0 Å². The summed E-state index contributed by atoms with van der Waals surface area (Å²) in [6.07, 6.45) is 12.3. The minimum atomic E-state index is -1.19. The van der Waals surface area contributed by atoms with E-state index in [1.165, 1.54) is 6.20 Å². The van der Waals surface area contributed by atoms with Crippen molar-refractivity contribution < 1.29 is 9.90 Å². The standard InChI is InChI=1S/C22H30N10O2/c23-21-20(22(33)34)27-19(12-25-21)15-11-26-31(13-15)18-4-9-30(10-5-18)8-3-16-14-32(29-28-16)17-1-6-24-7-2-17/h11-14,17-18,24H,1-10H2,(H2,23,25)(H,33,34). The van der Waals surface area contributed by atoms with Gasteiger partial charge >= 0.3 is 5.97 Å². The minimum absolute atomic E-state index is 0.0927. The third-order valence-corrected chi connectivity index (χ3v) is 6.76. The Bertz CT molecular complexity index is 1130. The third kappa shape index (κ3) is 4.92. The molecular formula is C22H30N10O2. The van der Waals surface area contributed by atoms with E-state index in [9.17, 15) is 9.90 Å². The highest BCUT2D eigenvalue weighted by atomic mass is 16.4. The fourth-order valence-electron chi connectivity index (χ4n) is 4.72. The Morgan fingerprint density at radius 1 is 1.09 bits per heavy atom. The molecule has 2 aliphatic rings. The lowest BCUT2D eigenvalue weighted by Gasteiger charge is -2.31. The lowest BCUT2D eigenvalue weighted by Crippen LogP contribution is -2.36. The Kier molecular flexibility index (Phi) is 6.50. The Morgan fingerprint density at radius 2 is 1.85 bits per heavy atom. The van der Waals surface area contributed by atoms with Crippen molar-refractivity contribution in [1.29, 1.82) is 0 Å². The first kappa shape index (κ1) is 22.4. The van der Waals surface area contributed by atoms with Crippen LogP contribution < -0.4 is 11.1 Å². The summed E-state index contributed by atoms with van der Waals surface area (Å²) >= 11 is 0. The number of hydrogen-bond acceptors (Lipinski definition) is 9. The summed E-state index contributed by atoms with van der Waals surface area (Å²) in [6, 6.07) is 0.763. The first-order valence-corrected chi connectivity index (χ1v) is 11.8. The van der Waals surface area contributed by atoms with E-state index in [1.807, 2.05) is 15.6 Å². The normalized spacial score (nSPS) is 18.4. The number of aromatic nitrogens is 7. The van der Waals surface area contributed by atoms with Gasteiger partial charge in [-0.25, -0.2) is 19.4 Å². The van der Waals surface area contributed by atoms with Gasteiger partial charge in [0.2, 0.25) is 0 Å². The van der Waals surface area contributed by atoms with Crippen LogP contribution in [0.15, 0.2) is 24.8 Å². The summed E-state index contributed by atoms with van der Waals surface area (Å²) in [4.78, 5) is 21.8. The maximum Gasteiger partial charge on any atom is 0.358 e. The molecule has 12 heteroatoms. The minimum Gasteiger partial charge on any atom is -0.476 e. The van der Waals surface area contributed by atoms with Crippen LogP contribution in [-0.2, 0) is 6.42 Å². The fourth-order valence-corrected chi connectivity index (χ4v) is 4.72. The zero-order valence-corrected chi connectivity index (χ0v) is 19.0. The molecule has 0 radical (unpaired) electrons. The van der Waals surface area contributed by atoms with E-state index >= 15 is 0 Å². The van der Waals surface area contributed by atoms with Crippen LogP contribution in [0.25, 0.3) is 11.3 Å². The maximum atomic E-state index is 11.3. The van der Waals surface area contributed by atoms with Crippen molar-refractivity contribution in [1.82, 2.24) is 45.0 Å². The number of hydrogen-bond donors (Lipinski definition) is 3. The first-order valence-electron chi connectivity index (χ1n) is 11.8. The monoisotopic (exact) mass is 466 g/mol. The summed E-state index contributed by atoms with van der Waals surface area (Å²) in [7, 11) is 0. The van der Waals surface area contributed by atoms with Gasteiger partial charge in [-0.1, -0.05) is 5.21 Å². The molecule has 3 aromatic rings. The van der Waals surface area contributed by atoms with Gasteiger partial charge in [-0.3, -0.25) is 4.68 Å². The summed E-state index contributed by atoms with van der Waals surface area (Å²) in [5.74, 6) is -1.29. The SMILES string of the molecule is Nc1ncc(-c2cnn(C3CCN(CCc4cn(C5CCNCC5)nn4)CC3)c2)nc1C(=O)O. The average Bonchev–Trinajstić information content (AvgIpc) is 3.54. The van der Waals surface area contributed by atoms with E-state index in [0.29, 0.717) is 17.8 Å². The Labute approximate surface area is 197 Å². The molecule has 0 aromatic carbocycles. The van der Waals surface area contributed by atoms with E-state index in [1.54, 1.807) is 6.20 Å². The molecule has 12 nitrogen and oxygen atoms in total. The number of nitrogens with one attached hydrogen (secondary N) is 1. The quantitative estimate of drug-likeness (QED) is 0.460. The predicted molar refractivity (Wildman–Crippen MR) is 124 cm³/mol. The number of nitrogen functional groups attached to an aromatic ring is 1. The number of carbonyl (C=O) groups is 1. The molecular weight excluding hydrogens is 436 g/mol. The molecule has 4 N–H and O–H groups in total. The molecule has 2 fully saturated rings. The molecule has 0 unspecified atom stereocenters. The molecule has 0 aliphatic carbocycles. The molecule has 5 rings (SSSR count). The van der Waals surface area contributed by atoms with Gasteiger partial charge in [0.05, 0.1) is 35.9 Å². The molecule has 0 saturated carbocycles. The molecule has 0 spiro atoms. The van der Waals surface area contributed by atoms with Crippen molar-refractivity contribution in [3.05, 3.63) is 36.2 Å². The lowest BCUT2D eigenvalue weighted by atomic mass is 10.0. The number of piperidine rings is 2. The van der Waals surface area contributed by atoms with Gasteiger partial charge < -0.3 is 21.1 Å². The van der Waals surface area contributed by atoms with E-state index in [2.05, 4.69) is 41.8 Å². The van der Waals surface area contributed by atoms with Crippen molar-refractivity contribution >= 4 is 11.8 Å². The molecule has 0 amide bonds. The molecule has 3 aromatic heterocycles. The number of aromatic carboxylic acids is 1. The van der Waals surface area contributed by atoms with Gasteiger partial charge in [-0.05, 0) is 38.8 Å². The molecule has 0 bridgehead atoms. The molecule has 180 valence electrons. The van der Waals surface area contributed by atoms with Crippen molar-refractivity contribution in [2.75, 3.05) is 38.5 Å². The number of carboxylic acids is 1. The van der Waals surface area contributed by atoms with E-state index in [4.69, 9.17) is 5.73 Å². The van der Waals surface area contributed by atoms with Crippen LogP contribution in [0.1, 0.15) is 53.9 Å².